The second-order valence-corrected chi connectivity index (χ2v) is 4.48. The first-order valence-electron chi connectivity index (χ1n) is 5.81. The van der Waals surface area contributed by atoms with Crippen molar-refractivity contribution < 1.29 is 9.59 Å². The number of carbonyl (C=O) groups excluding carboxylic acids is 2. The van der Waals surface area contributed by atoms with E-state index in [-0.39, 0.29) is 17.1 Å². The Labute approximate surface area is 121 Å². The summed E-state index contributed by atoms with van der Waals surface area (Å²) in [4.78, 5) is 28.4. The van der Waals surface area contributed by atoms with Crippen LogP contribution in [0.2, 0.25) is 5.15 Å². The Morgan fingerprint density at radius 1 is 1.30 bits per heavy atom. The largest absolute Gasteiger partial charge is 0.350 e. The fourth-order valence-electron chi connectivity index (χ4n) is 1.31. The number of pyridine rings is 1. The lowest BCUT2D eigenvalue weighted by Gasteiger charge is -2.12. The van der Waals surface area contributed by atoms with E-state index in [0.29, 0.717) is 24.5 Å². The van der Waals surface area contributed by atoms with Crippen molar-refractivity contribution in [3.63, 3.8) is 0 Å². The second kappa shape index (κ2) is 7.51. The van der Waals surface area contributed by atoms with Crippen molar-refractivity contribution in [3.05, 3.63) is 22.8 Å². The number of rotatable bonds is 5. The molecular formula is C11H17ClN6O2. The number of urea groups is 1. The highest BCUT2D eigenvalue weighted by Gasteiger charge is 2.09. The van der Waals surface area contributed by atoms with Crippen LogP contribution >= 0.6 is 11.6 Å². The summed E-state index contributed by atoms with van der Waals surface area (Å²) >= 11 is 5.76. The maximum absolute atomic E-state index is 11.9. The van der Waals surface area contributed by atoms with Crippen LogP contribution in [0.5, 0.6) is 0 Å². The van der Waals surface area contributed by atoms with Gasteiger partial charge in [-0.1, -0.05) is 11.6 Å². The third kappa shape index (κ3) is 4.90. The number of nitrogen functional groups attached to an aromatic ring is 1. The standard InChI is InChI=1S/C11H17ClN6O2/c1-18(2)11(20)15-4-3-14-10(19)7-5-8(12)16-9(6-7)17-13/h5-6H,3-4,13H2,1-2H3,(H,14,19)(H,15,20)(H,16,17). The third-order valence-corrected chi connectivity index (χ3v) is 2.49. The van der Waals surface area contributed by atoms with Gasteiger partial charge in [-0.3, -0.25) is 4.79 Å². The lowest BCUT2D eigenvalue weighted by atomic mass is 10.2. The number of nitrogens with two attached hydrogens (primary N) is 1. The van der Waals surface area contributed by atoms with Crippen LogP contribution in [0, 0.1) is 0 Å². The predicted molar refractivity (Wildman–Crippen MR) is 76.5 cm³/mol. The summed E-state index contributed by atoms with van der Waals surface area (Å²) in [6.07, 6.45) is 0. The minimum absolute atomic E-state index is 0.159. The van der Waals surface area contributed by atoms with E-state index in [0.717, 1.165) is 0 Å². The Kier molecular flexibility index (Phi) is 6.01. The molecule has 1 aromatic rings. The predicted octanol–water partition coefficient (Wildman–Crippen LogP) is 0.0216. The minimum atomic E-state index is -0.329. The van der Waals surface area contributed by atoms with Crippen LogP contribution in [0.4, 0.5) is 10.6 Å². The summed E-state index contributed by atoms with van der Waals surface area (Å²) in [5.41, 5.74) is 2.65. The molecule has 0 aliphatic heterocycles. The number of carbonyl (C=O) groups is 2. The van der Waals surface area contributed by atoms with Gasteiger partial charge in [0.05, 0.1) is 0 Å². The number of nitrogens with one attached hydrogen (secondary N) is 3. The van der Waals surface area contributed by atoms with E-state index in [1.54, 1.807) is 14.1 Å². The van der Waals surface area contributed by atoms with Gasteiger partial charge in [0.1, 0.15) is 11.0 Å². The Morgan fingerprint density at radius 3 is 2.55 bits per heavy atom. The van der Waals surface area contributed by atoms with E-state index >= 15 is 0 Å². The molecule has 9 heteroatoms. The molecule has 0 aromatic carbocycles. The lowest BCUT2D eigenvalue weighted by Crippen LogP contribution is -2.39. The van der Waals surface area contributed by atoms with E-state index in [1.807, 2.05) is 0 Å². The number of anilines is 1. The van der Waals surface area contributed by atoms with Gasteiger partial charge in [0.2, 0.25) is 0 Å². The van der Waals surface area contributed by atoms with Crippen LogP contribution in [0.25, 0.3) is 0 Å². The quantitative estimate of drug-likeness (QED) is 0.265. The first kappa shape index (κ1) is 16.0. The number of amides is 3. The highest BCUT2D eigenvalue weighted by molar-refractivity contribution is 6.29. The SMILES string of the molecule is CN(C)C(=O)NCCNC(=O)c1cc(Cl)nc(NN)c1. The van der Waals surface area contributed by atoms with Crippen molar-refractivity contribution in [1.29, 1.82) is 0 Å². The van der Waals surface area contributed by atoms with E-state index in [4.69, 9.17) is 17.4 Å². The van der Waals surface area contributed by atoms with Crippen molar-refractivity contribution in [2.75, 3.05) is 32.6 Å². The van der Waals surface area contributed by atoms with Gasteiger partial charge in [-0.05, 0) is 12.1 Å². The van der Waals surface area contributed by atoms with Gasteiger partial charge in [0.15, 0.2) is 0 Å². The van der Waals surface area contributed by atoms with E-state index < -0.39 is 0 Å². The lowest BCUT2D eigenvalue weighted by molar-refractivity contribution is 0.0953. The zero-order valence-electron chi connectivity index (χ0n) is 11.2. The van der Waals surface area contributed by atoms with Crippen LogP contribution in [-0.4, -0.2) is 49.0 Å². The summed E-state index contributed by atoms with van der Waals surface area (Å²) in [7, 11) is 3.27. The number of nitrogens with zero attached hydrogens (tertiary/aromatic N) is 2. The molecule has 0 atom stereocenters. The molecule has 0 aliphatic rings. The van der Waals surface area contributed by atoms with Gasteiger partial charge in [0.25, 0.3) is 5.91 Å². The van der Waals surface area contributed by atoms with Gasteiger partial charge < -0.3 is 21.0 Å². The molecule has 1 aromatic heterocycles. The average Bonchev–Trinajstić information content (AvgIpc) is 2.42. The van der Waals surface area contributed by atoms with Crippen LogP contribution in [0.1, 0.15) is 10.4 Å². The van der Waals surface area contributed by atoms with Crippen LogP contribution in [0.3, 0.4) is 0 Å². The molecule has 0 saturated carbocycles. The Bertz CT molecular complexity index is 494. The van der Waals surface area contributed by atoms with E-state index in [9.17, 15) is 9.59 Å². The molecule has 0 fully saturated rings. The van der Waals surface area contributed by atoms with Crippen LogP contribution in [0.15, 0.2) is 12.1 Å². The zero-order valence-corrected chi connectivity index (χ0v) is 12.0. The highest BCUT2D eigenvalue weighted by Crippen LogP contribution is 2.13. The van der Waals surface area contributed by atoms with Gasteiger partial charge >= 0.3 is 6.03 Å². The number of halogens is 1. The first-order valence-corrected chi connectivity index (χ1v) is 6.19. The van der Waals surface area contributed by atoms with E-state index in [2.05, 4.69) is 21.0 Å². The number of hydrogen-bond donors (Lipinski definition) is 4. The zero-order chi connectivity index (χ0) is 15.1. The molecule has 0 spiro atoms. The molecule has 0 unspecified atom stereocenters. The molecule has 20 heavy (non-hydrogen) atoms. The van der Waals surface area contributed by atoms with Crippen molar-refractivity contribution >= 4 is 29.4 Å². The second-order valence-electron chi connectivity index (χ2n) is 4.09. The summed E-state index contributed by atoms with van der Waals surface area (Å²) in [5.74, 6) is 5.18. The molecule has 5 N–H and O–H groups in total. The normalized spacial score (nSPS) is 9.80. The number of aromatic nitrogens is 1. The van der Waals surface area contributed by atoms with Crippen LogP contribution < -0.4 is 21.9 Å². The molecule has 1 heterocycles. The Balaban J connectivity index is 2.47. The molecule has 0 aliphatic carbocycles. The molecule has 3 amide bonds. The van der Waals surface area contributed by atoms with Gasteiger partial charge in [0, 0.05) is 32.7 Å². The van der Waals surface area contributed by atoms with Crippen molar-refractivity contribution in [1.82, 2.24) is 20.5 Å². The first-order chi connectivity index (χ1) is 9.43. The topological polar surface area (TPSA) is 112 Å². The summed E-state index contributed by atoms with van der Waals surface area (Å²) in [6, 6.07) is 2.68. The molecule has 8 nitrogen and oxygen atoms in total. The fraction of sp³-hybridized carbons (Fsp3) is 0.364. The summed E-state index contributed by atoms with van der Waals surface area (Å²) in [6.45, 7) is 0.618. The smallest absolute Gasteiger partial charge is 0.316 e. The highest BCUT2D eigenvalue weighted by atomic mass is 35.5. The minimum Gasteiger partial charge on any atom is -0.350 e. The molecule has 1 rings (SSSR count). The van der Waals surface area contributed by atoms with E-state index in [1.165, 1.54) is 17.0 Å². The molecular weight excluding hydrogens is 284 g/mol. The van der Waals surface area contributed by atoms with Crippen molar-refractivity contribution in [2.45, 2.75) is 0 Å². The third-order valence-electron chi connectivity index (χ3n) is 2.30. The Morgan fingerprint density at radius 2 is 1.95 bits per heavy atom. The van der Waals surface area contributed by atoms with Gasteiger partial charge in [-0.15, -0.1) is 0 Å². The average molecular weight is 301 g/mol. The summed E-state index contributed by atoms with van der Waals surface area (Å²) < 4.78 is 0. The van der Waals surface area contributed by atoms with Crippen molar-refractivity contribution in [3.8, 4) is 0 Å². The molecule has 0 radical (unpaired) electrons. The van der Waals surface area contributed by atoms with Gasteiger partial charge in [-0.25, -0.2) is 15.6 Å². The van der Waals surface area contributed by atoms with Crippen molar-refractivity contribution in [2.24, 2.45) is 5.84 Å². The number of hydrogen-bond acceptors (Lipinski definition) is 5. The molecule has 0 saturated heterocycles. The monoisotopic (exact) mass is 300 g/mol. The fourth-order valence-corrected chi connectivity index (χ4v) is 1.52. The number of hydrazine groups is 1. The maximum atomic E-state index is 11.9. The molecule has 110 valence electrons. The summed E-state index contributed by atoms with van der Waals surface area (Å²) in [5, 5.41) is 5.43. The van der Waals surface area contributed by atoms with Gasteiger partial charge in [-0.2, -0.15) is 0 Å². The van der Waals surface area contributed by atoms with Crippen LogP contribution in [-0.2, 0) is 0 Å². The molecule has 0 bridgehead atoms. The maximum Gasteiger partial charge on any atom is 0.316 e. The Hall–Kier alpha value is -2.06.